The standard InChI is InChI=1S/C22H18ClN3O2/c23-19-7-5-15(6-8-19)12-25-21(27)17-11-18(14-24-13-17)22(28)26-10-9-16-3-1-2-4-20(16)26/h1-8,11,13-14H,9-10,12H2,(H,25,27). The number of nitrogens with zero attached hydrogens (tertiary/aromatic N) is 2. The number of rotatable bonds is 4. The number of carbonyl (C=O) groups excluding carboxylic acids is 2. The van der Waals surface area contributed by atoms with Crippen LogP contribution in [0.15, 0.2) is 67.0 Å². The molecule has 0 radical (unpaired) electrons. The molecule has 6 heteroatoms. The predicted molar refractivity (Wildman–Crippen MR) is 109 cm³/mol. The molecule has 4 rings (SSSR count). The van der Waals surface area contributed by atoms with Crippen LogP contribution in [0.2, 0.25) is 5.02 Å². The molecule has 0 aliphatic carbocycles. The van der Waals surface area contributed by atoms with Gasteiger partial charge in [-0.05, 0) is 41.8 Å². The summed E-state index contributed by atoms with van der Waals surface area (Å²) >= 11 is 5.87. The summed E-state index contributed by atoms with van der Waals surface area (Å²) in [7, 11) is 0. The Morgan fingerprint density at radius 2 is 1.79 bits per heavy atom. The van der Waals surface area contributed by atoms with Gasteiger partial charge < -0.3 is 10.2 Å². The molecule has 1 aliphatic heterocycles. The summed E-state index contributed by atoms with van der Waals surface area (Å²) in [5.74, 6) is -0.427. The van der Waals surface area contributed by atoms with Gasteiger partial charge in [-0.3, -0.25) is 14.6 Å². The lowest BCUT2D eigenvalue weighted by Crippen LogP contribution is -2.29. The highest BCUT2D eigenvalue weighted by atomic mass is 35.5. The van der Waals surface area contributed by atoms with Crippen molar-refractivity contribution in [2.24, 2.45) is 0 Å². The van der Waals surface area contributed by atoms with Gasteiger partial charge in [0, 0.05) is 36.2 Å². The van der Waals surface area contributed by atoms with Crippen LogP contribution in [0.3, 0.4) is 0 Å². The number of hydrogen-bond donors (Lipinski definition) is 1. The highest BCUT2D eigenvalue weighted by Crippen LogP contribution is 2.28. The lowest BCUT2D eigenvalue weighted by atomic mass is 10.1. The van der Waals surface area contributed by atoms with Gasteiger partial charge in [-0.25, -0.2) is 0 Å². The summed E-state index contributed by atoms with van der Waals surface area (Å²) in [6.07, 6.45) is 3.79. The minimum Gasteiger partial charge on any atom is -0.348 e. The third-order valence-electron chi connectivity index (χ3n) is 4.75. The molecule has 0 saturated carbocycles. The summed E-state index contributed by atoms with van der Waals surface area (Å²) in [5, 5.41) is 3.49. The molecule has 3 aromatic rings. The second kappa shape index (κ2) is 7.82. The van der Waals surface area contributed by atoms with Gasteiger partial charge in [0.05, 0.1) is 11.1 Å². The Kier molecular flexibility index (Phi) is 5.08. The molecule has 1 N–H and O–H groups in total. The molecule has 1 aliphatic rings. The normalized spacial score (nSPS) is 12.5. The van der Waals surface area contributed by atoms with Crippen molar-refractivity contribution in [2.45, 2.75) is 13.0 Å². The fourth-order valence-electron chi connectivity index (χ4n) is 3.27. The first-order valence-corrected chi connectivity index (χ1v) is 9.37. The van der Waals surface area contributed by atoms with E-state index in [0.717, 1.165) is 23.2 Å². The molecule has 5 nitrogen and oxygen atoms in total. The van der Waals surface area contributed by atoms with Crippen molar-refractivity contribution in [2.75, 3.05) is 11.4 Å². The van der Waals surface area contributed by atoms with Crippen LogP contribution < -0.4 is 10.2 Å². The molecule has 0 fully saturated rings. The highest BCUT2D eigenvalue weighted by molar-refractivity contribution is 6.30. The summed E-state index contributed by atoms with van der Waals surface area (Å²) in [4.78, 5) is 31.2. The molecule has 0 unspecified atom stereocenters. The van der Waals surface area contributed by atoms with E-state index in [9.17, 15) is 9.59 Å². The van der Waals surface area contributed by atoms with E-state index >= 15 is 0 Å². The lowest BCUT2D eigenvalue weighted by molar-refractivity contribution is 0.0950. The van der Waals surface area contributed by atoms with E-state index in [1.165, 1.54) is 12.4 Å². The molecule has 0 saturated heterocycles. The van der Waals surface area contributed by atoms with Crippen LogP contribution >= 0.6 is 11.6 Å². The lowest BCUT2D eigenvalue weighted by Gasteiger charge is -2.17. The van der Waals surface area contributed by atoms with Crippen LogP contribution in [0.25, 0.3) is 0 Å². The number of carbonyl (C=O) groups is 2. The van der Waals surface area contributed by atoms with Gasteiger partial charge in [0.15, 0.2) is 0 Å². The zero-order chi connectivity index (χ0) is 19.5. The van der Waals surface area contributed by atoms with Gasteiger partial charge in [-0.2, -0.15) is 0 Å². The van der Waals surface area contributed by atoms with Gasteiger partial charge in [0.2, 0.25) is 0 Å². The molecule has 28 heavy (non-hydrogen) atoms. The Morgan fingerprint density at radius 3 is 2.61 bits per heavy atom. The van der Waals surface area contributed by atoms with E-state index in [1.54, 1.807) is 23.1 Å². The number of fused-ring (bicyclic) bond motifs is 1. The fourth-order valence-corrected chi connectivity index (χ4v) is 3.40. The van der Waals surface area contributed by atoms with Gasteiger partial charge >= 0.3 is 0 Å². The summed E-state index contributed by atoms with van der Waals surface area (Å²) in [6, 6.07) is 16.7. The van der Waals surface area contributed by atoms with Crippen molar-refractivity contribution < 1.29 is 9.59 Å². The Morgan fingerprint density at radius 1 is 1.04 bits per heavy atom. The number of nitrogens with one attached hydrogen (secondary N) is 1. The van der Waals surface area contributed by atoms with Crippen molar-refractivity contribution in [1.29, 1.82) is 0 Å². The van der Waals surface area contributed by atoms with E-state index in [1.807, 2.05) is 36.4 Å². The second-order valence-corrected chi connectivity index (χ2v) is 7.04. The number of halogens is 1. The Labute approximate surface area is 168 Å². The topological polar surface area (TPSA) is 62.3 Å². The largest absolute Gasteiger partial charge is 0.348 e. The summed E-state index contributed by atoms with van der Waals surface area (Å²) < 4.78 is 0. The maximum absolute atomic E-state index is 12.9. The first-order chi connectivity index (χ1) is 13.6. The number of hydrogen-bond acceptors (Lipinski definition) is 3. The van der Waals surface area contributed by atoms with Crippen molar-refractivity contribution in [3.8, 4) is 0 Å². The van der Waals surface area contributed by atoms with Crippen LogP contribution in [0, 0.1) is 0 Å². The molecule has 2 heterocycles. The number of aromatic nitrogens is 1. The third-order valence-corrected chi connectivity index (χ3v) is 5.00. The van der Waals surface area contributed by atoms with Crippen molar-refractivity contribution in [1.82, 2.24) is 10.3 Å². The SMILES string of the molecule is O=C(NCc1ccc(Cl)cc1)c1cncc(C(=O)N2CCc3ccccc32)c1. The first kappa shape index (κ1) is 18.2. The van der Waals surface area contributed by atoms with Gasteiger partial charge in [0.1, 0.15) is 0 Å². The molecular weight excluding hydrogens is 374 g/mol. The van der Waals surface area contributed by atoms with E-state index in [0.29, 0.717) is 29.2 Å². The van der Waals surface area contributed by atoms with Gasteiger partial charge in [0.25, 0.3) is 11.8 Å². The number of amides is 2. The molecule has 0 bridgehead atoms. The van der Waals surface area contributed by atoms with Crippen molar-refractivity contribution in [3.05, 3.63) is 94.3 Å². The Balaban J connectivity index is 1.47. The number of pyridine rings is 1. The van der Waals surface area contributed by atoms with Crippen LogP contribution in [-0.2, 0) is 13.0 Å². The van der Waals surface area contributed by atoms with Crippen molar-refractivity contribution >= 4 is 29.1 Å². The minimum atomic E-state index is -0.279. The van der Waals surface area contributed by atoms with E-state index in [-0.39, 0.29) is 11.8 Å². The van der Waals surface area contributed by atoms with Crippen molar-refractivity contribution in [3.63, 3.8) is 0 Å². The van der Waals surface area contributed by atoms with Gasteiger partial charge in [-0.15, -0.1) is 0 Å². The quantitative estimate of drug-likeness (QED) is 0.734. The van der Waals surface area contributed by atoms with Crippen LogP contribution in [0.1, 0.15) is 31.8 Å². The third kappa shape index (κ3) is 3.75. The monoisotopic (exact) mass is 391 g/mol. The Bertz CT molecular complexity index is 1030. The summed E-state index contributed by atoms with van der Waals surface area (Å²) in [6.45, 7) is 0.999. The minimum absolute atomic E-state index is 0.148. The maximum atomic E-state index is 12.9. The van der Waals surface area contributed by atoms with Crippen LogP contribution in [-0.4, -0.2) is 23.3 Å². The predicted octanol–water partition coefficient (Wildman–Crippen LogP) is 3.87. The zero-order valence-electron chi connectivity index (χ0n) is 15.1. The van der Waals surface area contributed by atoms with Crippen LogP contribution in [0.5, 0.6) is 0 Å². The fraction of sp³-hybridized carbons (Fsp3) is 0.136. The number of benzene rings is 2. The molecule has 0 atom stereocenters. The molecule has 1 aromatic heterocycles. The average Bonchev–Trinajstić information content (AvgIpc) is 3.17. The van der Waals surface area contributed by atoms with E-state index in [4.69, 9.17) is 11.6 Å². The average molecular weight is 392 g/mol. The smallest absolute Gasteiger partial charge is 0.259 e. The molecular formula is C22H18ClN3O2. The summed E-state index contributed by atoms with van der Waals surface area (Å²) in [5.41, 5.74) is 3.76. The maximum Gasteiger partial charge on any atom is 0.259 e. The highest BCUT2D eigenvalue weighted by Gasteiger charge is 2.25. The molecule has 0 spiro atoms. The Hall–Kier alpha value is -3.18. The number of anilines is 1. The molecule has 140 valence electrons. The first-order valence-electron chi connectivity index (χ1n) is 8.99. The zero-order valence-corrected chi connectivity index (χ0v) is 15.8. The van der Waals surface area contributed by atoms with Crippen LogP contribution in [0.4, 0.5) is 5.69 Å². The van der Waals surface area contributed by atoms with E-state index < -0.39 is 0 Å². The second-order valence-electron chi connectivity index (χ2n) is 6.61. The molecule has 2 amide bonds. The molecule has 2 aromatic carbocycles. The van der Waals surface area contributed by atoms with E-state index in [2.05, 4.69) is 10.3 Å². The number of para-hydroxylation sites is 1. The van der Waals surface area contributed by atoms with Gasteiger partial charge in [-0.1, -0.05) is 41.9 Å².